The number of carbonyl (C=O) groups excluding carboxylic acids is 2. The maximum Gasteiger partial charge on any atom is 0.374 e. The first-order valence-corrected chi connectivity index (χ1v) is 8.42. The molecule has 0 saturated heterocycles. The number of carbonyl (C=O) groups is 2. The Kier molecular flexibility index (Phi) is 13.9. The molecule has 0 bridgehead atoms. The van der Waals surface area contributed by atoms with E-state index in [1.54, 1.807) is 6.92 Å². The molecule has 0 aromatic rings. The van der Waals surface area contributed by atoms with Crippen LogP contribution in [0.1, 0.15) is 90.9 Å². The molecule has 0 amide bonds. The molecule has 3 heteroatoms. The van der Waals surface area contributed by atoms with Gasteiger partial charge in [0.05, 0.1) is 6.61 Å². The maximum atomic E-state index is 11.3. The van der Waals surface area contributed by atoms with E-state index in [-0.39, 0.29) is 12.4 Å². The highest BCUT2D eigenvalue weighted by Crippen LogP contribution is 2.12. The molecule has 0 aliphatic rings. The van der Waals surface area contributed by atoms with E-state index in [2.05, 4.69) is 11.7 Å². The molecule has 0 radical (unpaired) electrons. The monoisotopic (exact) mass is 284 g/mol. The Morgan fingerprint density at radius 2 is 1.15 bits per heavy atom. The SMILES string of the molecule is CCCCCCCCCCCCCC(=O)C(=O)OCC. The van der Waals surface area contributed by atoms with Crippen LogP contribution in [0.5, 0.6) is 0 Å². The average molecular weight is 284 g/mol. The molecular formula is C17H32O3. The van der Waals surface area contributed by atoms with Crippen molar-refractivity contribution in [2.75, 3.05) is 6.61 Å². The molecule has 0 heterocycles. The molecule has 0 spiro atoms. The summed E-state index contributed by atoms with van der Waals surface area (Å²) < 4.78 is 4.67. The van der Waals surface area contributed by atoms with E-state index in [1.165, 1.54) is 57.8 Å². The van der Waals surface area contributed by atoms with Crippen LogP contribution >= 0.6 is 0 Å². The van der Waals surface area contributed by atoms with Crippen LogP contribution in [0.25, 0.3) is 0 Å². The van der Waals surface area contributed by atoms with Gasteiger partial charge in [0.1, 0.15) is 0 Å². The first-order valence-electron chi connectivity index (χ1n) is 8.42. The van der Waals surface area contributed by atoms with E-state index in [0.29, 0.717) is 6.42 Å². The van der Waals surface area contributed by atoms with Crippen molar-refractivity contribution in [1.82, 2.24) is 0 Å². The molecule has 118 valence electrons. The predicted molar refractivity (Wildman–Crippen MR) is 82.7 cm³/mol. The fourth-order valence-corrected chi connectivity index (χ4v) is 2.26. The zero-order chi connectivity index (χ0) is 15.1. The van der Waals surface area contributed by atoms with Crippen molar-refractivity contribution in [3.8, 4) is 0 Å². The van der Waals surface area contributed by atoms with Crippen LogP contribution in [0.3, 0.4) is 0 Å². The van der Waals surface area contributed by atoms with Crippen LogP contribution in [0, 0.1) is 0 Å². The molecule has 0 N–H and O–H groups in total. The van der Waals surface area contributed by atoms with Crippen molar-refractivity contribution < 1.29 is 14.3 Å². The van der Waals surface area contributed by atoms with Gasteiger partial charge in [0.2, 0.25) is 5.78 Å². The van der Waals surface area contributed by atoms with Crippen LogP contribution in [-0.4, -0.2) is 18.4 Å². The summed E-state index contributed by atoms with van der Waals surface area (Å²) in [5.74, 6) is -1.04. The molecule has 0 rings (SSSR count). The maximum absolute atomic E-state index is 11.3. The second kappa shape index (κ2) is 14.5. The molecule has 0 aromatic heterocycles. The summed E-state index contributed by atoms with van der Waals surface area (Å²) in [5.41, 5.74) is 0. The van der Waals surface area contributed by atoms with E-state index in [1.807, 2.05) is 0 Å². The minimum atomic E-state index is -0.667. The third-order valence-electron chi connectivity index (χ3n) is 3.51. The van der Waals surface area contributed by atoms with Crippen LogP contribution < -0.4 is 0 Å². The van der Waals surface area contributed by atoms with Crippen LogP contribution in [-0.2, 0) is 14.3 Å². The Labute approximate surface area is 124 Å². The molecule has 20 heavy (non-hydrogen) atoms. The summed E-state index contributed by atoms with van der Waals surface area (Å²) in [4.78, 5) is 22.4. The fourth-order valence-electron chi connectivity index (χ4n) is 2.26. The van der Waals surface area contributed by atoms with Crippen molar-refractivity contribution in [1.29, 1.82) is 0 Å². The molecule has 0 unspecified atom stereocenters. The highest BCUT2D eigenvalue weighted by Gasteiger charge is 2.13. The predicted octanol–water partition coefficient (Wildman–Crippen LogP) is 4.82. The minimum absolute atomic E-state index is 0.281. The summed E-state index contributed by atoms with van der Waals surface area (Å²) in [6.07, 6.45) is 14.1. The van der Waals surface area contributed by atoms with Gasteiger partial charge in [-0.3, -0.25) is 4.79 Å². The van der Waals surface area contributed by atoms with Gasteiger partial charge < -0.3 is 4.74 Å². The summed E-state index contributed by atoms with van der Waals surface area (Å²) in [6.45, 7) is 4.24. The van der Waals surface area contributed by atoms with Crippen LogP contribution in [0.2, 0.25) is 0 Å². The van der Waals surface area contributed by atoms with Crippen molar-refractivity contribution in [3.63, 3.8) is 0 Å². The standard InChI is InChI=1S/C17H32O3/c1-3-5-6-7-8-9-10-11-12-13-14-15-16(18)17(19)20-4-2/h3-15H2,1-2H3. The van der Waals surface area contributed by atoms with Gasteiger partial charge in [0, 0.05) is 6.42 Å². The Bertz CT molecular complexity index is 249. The molecule has 0 saturated carbocycles. The number of rotatable bonds is 14. The summed E-state index contributed by atoms with van der Waals surface area (Å²) in [6, 6.07) is 0. The summed E-state index contributed by atoms with van der Waals surface area (Å²) in [5, 5.41) is 0. The van der Waals surface area contributed by atoms with Gasteiger partial charge in [-0.05, 0) is 13.3 Å². The quantitative estimate of drug-likeness (QED) is 0.261. The van der Waals surface area contributed by atoms with Crippen LogP contribution in [0.4, 0.5) is 0 Å². The zero-order valence-corrected chi connectivity index (χ0v) is 13.4. The Hall–Kier alpha value is -0.860. The number of hydrogen-bond donors (Lipinski definition) is 0. The number of hydrogen-bond acceptors (Lipinski definition) is 3. The Morgan fingerprint density at radius 3 is 1.60 bits per heavy atom. The second-order valence-corrected chi connectivity index (χ2v) is 5.43. The van der Waals surface area contributed by atoms with Gasteiger partial charge in [-0.1, -0.05) is 71.1 Å². The molecule has 0 fully saturated rings. The van der Waals surface area contributed by atoms with Gasteiger partial charge in [0.25, 0.3) is 0 Å². The summed E-state index contributed by atoms with van der Waals surface area (Å²) in [7, 11) is 0. The molecule has 0 aromatic carbocycles. The van der Waals surface area contributed by atoms with Gasteiger partial charge in [-0.25, -0.2) is 4.79 Å². The molecule has 0 aliphatic heterocycles. The van der Waals surface area contributed by atoms with Gasteiger partial charge in [-0.2, -0.15) is 0 Å². The number of ether oxygens (including phenoxy) is 1. The Morgan fingerprint density at radius 1 is 0.700 bits per heavy atom. The van der Waals surface area contributed by atoms with Crippen LogP contribution in [0.15, 0.2) is 0 Å². The first kappa shape index (κ1) is 19.1. The minimum Gasteiger partial charge on any atom is -0.460 e. The van der Waals surface area contributed by atoms with E-state index >= 15 is 0 Å². The van der Waals surface area contributed by atoms with Gasteiger partial charge in [-0.15, -0.1) is 0 Å². The summed E-state index contributed by atoms with van der Waals surface area (Å²) >= 11 is 0. The second-order valence-electron chi connectivity index (χ2n) is 5.43. The van der Waals surface area contributed by atoms with E-state index in [0.717, 1.165) is 12.8 Å². The van der Waals surface area contributed by atoms with Crippen molar-refractivity contribution in [3.05, 3.63) is 0 Å². The molecule has 0 atom stereocenters. The average Bonchev–Trinajstić information content (AvgIpc) is 2.44. The zero-order valence-electron chi connectivity index (χ0n) is 13.4. The van der Waals surface area contributed by atoms with E-state index in [4.69, 9.17) is 0 Å². The number of unbranched alkanes of at least 4 members (excludes halogenated alkanes) is 10. The highest BCUT2D eigenvalue weighted by atomic mass is 16.5. The lowest BCUT2D eigenvalue weighted by atomic mass is 10.0. The first-order chi connectivity index (χ1) is 9.72. The number of Topliss-reactive ketones (excluding diaryl/α,β-unsaturated/α-hetero) is 1. The van der Waals surface area contributed by atoms with E-state index in [9.17, 15) is 9.59 Å². The third kappa shape index (κ3) is 12.2. The normalized spacial score (nSPS) is 10.5. The molecule has 0 aliphatic carbocycles. The number of ketones is 1. The third-order valence-corrected chi connectivity index (χ3v) is 3.51. The molecule has 3 nitrogen and oxygen atoms in total. The highest BCUT2D eigenvalue weighted by molar-refractivity contribution is 6.33. The lowest BCUT2D eigenvalue weighted by Crippen LogP contribution is -2.16. The van der Waals surface area contributed by atoms with Gasteiger partial charge >= 0.3 is 5.97 Å². The lowest BCUT2D eigenvalue weighted by molar-refractivity contribution is -0.153. The van der Waals surface area contributed by atoms with Gasteiger partial charge in [0.15, 0.2) is 0 Å². The Balaban J connectivity index is 3.20. The fraction of sp³-hybridized carbons (Fsp3) is 0.882. The topological polar surface area (TPSA) is 43.4 Å². The smallest absolute Gasteiger partial charge is 0.374 e. The van der Waals surface area contributed by atoms with Crippen molar-refractivity contribution in [2.24, 2.45) is 0 Å². The van der Waals surface area contributed by atoms with Crippen molar-refractivity contribution >= 4 is 11.8 Å². The lowest BCUT2D eigenvalue weighted by Gasteiger charge is -2.03. The van der Waals surface area contributed by atoms with E-state index < -0.39 is 5.97 Å². The number of esters is 1. The largest absolute Gasteiger partial charge is 0.460 e. The molecular weight excluding hydrogens is 252 g/mol. The van der Waals surface area contributed by atoms with Crippen molar-refractivity contribution in [2.45, 2.75) is 90.9 Å².